The molecule has 86 valence electrons. The molecule has 0 aliphatic carbocycles. The third kappa shape index (κ3) is 2.00. The second-order valence-corrected chi connectivity index (χ2v) is 5.43. The molecule has 0 aliphatic rings. The van der Waals surface area contributed by atoms with Crippen LogP contribution in [0.25, 0.3) is 11.5 Å². The van der Waals surface area contributed by atoms with Gasteiger partial charge in [-0.1, -0.05) is 0 Å². The quantitative estimate of drug-likeness (QED) is 0.874. The number of rotatable bonds is 1. The molecule has 0 saturated heterocycles. The lowest BCUT2D eigenvalue weighted by molar-refractivity contribution is 0.356. The third-order valence-electron chi connectivity index (χ3n) is 2.24. The monoisotopic (exact) mass is 283 g/mol. The number of hydrogen-bond donors (Lipinski definition) is 1. The zero-order valence-electron chi connectivity index (χ0n) is 9.49. The van der Waals surface area contributed by atoms with Crippen molar-refractivity contribution in [2.45, 2.75) is 26.3 Å². The van der Waals surface area contributed by atoms with E-state index in [1.54, 1.807) is 0 Å². The zero-order chi connectivity index (χ0) is 11.9. The molecule has 2 N–H and O–H groups in total. The average Bonchev–Trinajstić information content (AvgIpc) is 2.70. The van der Waals surface area contributed by atoms with Gasteiger partial charge in [0.05, 0.1) is 11.2 Å². The molecular formula is C11H14BrN3O. The SMILES string of the molecule is CC(C)(C)n1cc(N)c(-c2ccc(Br)o2)n1. The predicted octanol–water partition coefficient (Wildman–Crippen LogP) is 3.24. The number of aromatic nitrogens is 2. The molecule has 2 heterocycles. The zero-order valence-corrected chi connectivity index (χ0v) is 11.1. The Labute approximate surface area is 103 Å². The van der Waals surface area contributed by atoms with Crippen molar-refractivity contribution >= 4 is 21.6 Å². The van der Waals surface area contributed by atoms with Crippen LogP contribution in [-0.2, 0) is 5.54 Å². The van der Waals surface area contributed by atoms with E-state index < -0.39 is 0 Å². The Kier molecular flexibility index (Phi) is 2.58. The van der Waals surface area contributed by atoms with Crippen LogP contribution in [0.2, 0.25) is 0 Å². The average molecular weight is 284 g/mol. The van der Waals surface area contributed by atoms with Gasteiger partial charge in [-0.2, -0.15) is 5.10 Å². The number of anilines is 1. The van der Waals surface area contributed by atoms with Crippen LogP contribution in [0.4, 0.5) is 5.69 Å². The summed E-state index contributed by atoms with van der Waals surface area (Å²) in [5, 5.41) is 4.44. The van der Waals surface area contributed by atoms with Crippen molar-refractivity contribution in [3.63, 3.8) is 0 Å². The summed E-state index contributed by atoms with van der Waals surface area (Å²) < 4.78 is 7.95. The first-order chi connectivity index (χ1) is 7.38. The van der Waals surface area contributed by atoms with Gasteiger partial charge < -0.3 is 10.2 Å². The summed E-state index contributed by atoms with van der Waals surface area (Å²) in [4.78, 5) is 0. The first-order valence-electron chi connectivity index (χ1n) is 4.99. The van der Waals surface area contributed by atoms with Gasteiger partial charge in [-0.05, 0) is 48.8 Å². The molecule has 0 unspecified atom stereocenters. The summed E-state index contributed by atoms with van der Waals surface area (Å²) in [6, 6.07) is 3.67. The number of nitrogen functional groups attached to an aromatic ring is 1. The molecule has 0 spiro atoms. The van der Waals surface area contributed by atoms with Gasteiger partial charge in [-0.15, -0.1) is 0 Å². The van der Waals surface area contributed by atoms with Gasteiger partial charge in [0.2, 0.25) is 0 Å². The smallest absolute Gasteiger partial charge is 0.169 e. The molecule has 2 rings (SSSR count). The fraction of sp³-hybridized carbons (Fsp3) is 0.364. The maximum absolute atomic E-state index is 5.92. The van der Waals surface area contributed by atoms with Gasteiger partial charge in [0, 0.05) is 6.20 Å². The fourth-order valence-electron chi connectivity index (χ4n) is 1.36. The lowest BCUT2D eigenvalue weighted by Crippen LogP contribution is -2.22. The van der Waals surface area contributed by atoms with Crippen LogP contribution in [0.15, 0.2) is 27.4 Å². The minimum Gasteiger partial charge on any atom is -0.448 e. The highest BCUT2D eigenvalue weighted by Gasteiger charge is 2.19. The molecule has 0 radical (unpaired) electrons. The maximum Gasteiger partial charge on any atom is 0.169 e. The largest absolute Gasteiger partial charge is 0.448 e. The Hall–Kier alpha value is -1.23. The van der Waals surface area contributed by atoms with Crippen molar-refractivity contribution in [3.8, 4) is 11.5 Å². The summed E-state index contributed by atoms with van der Waals surface area (Å²) in [5.41, 5.74) is 7.14. The van der Waals surface area contributed by atoms with Crippen LogP contribution in [0.3, 0.4) is 0 Å². The first kappa shape index (κ1) is 11.3. The fourth-order valence-corrected chi connectivity index (χ4v) is 1.67. The molecule has 4 nitrogen and oxygen atoms in total. The van der Waals surface area contributed by atoms with Crippen LogP contribution >= 0.6 is 15.9 Å². The van der Waals surface area contributed by atoms with Gasteiger partial charge in [0.15, 0.2) is 16.1 Å². The number of nitrogens with zero attached hydrogens (tertiary/aromatic N) is 2. The predicted molar refractivity (Wildman–Crippen MR) is 67.0 cm³/mol. The summed E-state index contributed by atoms with van der Waals surface area (Å²) in [6.45, 7) is 6.21. The van der Waals surface area contributed by atoms with Crippen LogP contribution in [-0.4, -0.2) is 9.78 Å². The Balaban J connectivity index is 2.47. The standard InChI is InChI=1S/C11H14BrN3O/c1-11(2,3)15-6-7(13)10(14-15)8-4-5-9(12)16-8/h4-6H,13H2,1-3H3. The topological polar surface area (TPSA) is 57.0 Å². The molecule has 0 aliphatic heterocycles. The molecule has 2 aromatic rings. The summed E-state index contributed by atoms with van der Waals surface area (Å²) in [5.74, 6) is 0.673. The molecule has 0 bridgehead atoms. The van der Waals surface area contributed by atoms with E-state index in [0.717, 1.165) is 0 Å². The second kappa shape index (κ2) is 3.66. The van der Waals surface area contributed by atoms with E-state index in [9.17, 15) is 0 Å². The van der Waals surface area contributed by atoms with Crippen LogP contribution in [0, 0.1) is 0 Å². The molecule has 0 amide bonds. The van der Waals surface area contributed by atoms with Crippen molar-refractivity contribution in [1.29, 1.82) is 0 Å². The van der Waals surface area contributed by atoms with E-state index in [-0.39, 0.29) is 5.54 Å². The number of hydrogen-bond acceptors (Lipinski definition) is 3. The van der Waals surface area contributed by atoms with E-state index in [4.69, 9.17) is 10.2 Å². The van der Waals surface area contributed by atoms with Crippen molar-refractivity contribution in [2.75, 3.05) is 5.73 Å². The van der Waals surface area contributed by atoms with E-state index in [1.807, 2.05) is 23.0 Å². The molecule has 0 aromatic carbocycles. The van der Waals surface area contributed by atoms with Gasteiger partial charge >= 0.3 is 0 Å². The number of furan rings is 1. The summed E-state index contributed by atoms with van der Waals surface area (Å²) >= 11 is 3.26. The molecule has 2 aromatic heterocycles. The molecule has 0 fully saturated rings. The van der Waals surface area contributed by atoms with E-state index in [0.29, 0.717) is 21.8 Å². The number of nitrogens with two attached hydrogens (primary N) is 1. The van der Waals surface area contributed by atoms with Gasteiger partial charge in [0.1, 0.15) is 0 Å². The second-order valence-electron chi connectivity index (χ2n) is 4.65. The van der Waals surface area contributed by atoms with Crippen LogP contribution < -0.4 is 5.73 Å². The van der Waals surface area contributed by atoms with Crippen molar-refractivity contribution < 1.29 is 4.42 Å². The van der Waals surface area contributed by atoms with Crippen molar-refractivity contribution in [3.05, 3.63) is 23.0 Å². The maximum atomic E-state index is 5.92. The Morgan fingerprint density at radius 2 is 2.06 bits per heavy atom. The Bertz CT molecular complexity index is 508. The van der Waals surface area contributed by atoms with E-state index in [2.05, 4.69) is 41.8 Å². The van der Waals surface area contributed by atoms with Crippen LogP contribution in [0.1, 0.15) is 20.8 Å². The summed E-state index contributed by atoms with van der Waals surface area (Å²) in [7, 11) is 0. The molecule has 0 saturated carbocycles. The third-order valence-corrected chi connectivity index (χ3v) is 2.66. The van der Waals surface area contributed by atoms with Crippen molar-refractivity contribution in [1.82, 2.24) is 9.78 Å². The normalized spacial score (nSPS) is 12.0. The van der Waals surface area contributed by atoms with Crippen molar-refractivity contribution in [2.24, 2.45) is 0 Å². The molecule has 0 atom stereocenters. The number of halogens is 1. The highest BCUT2D eigenvalue weighted by molar-refractivity contribution is 9.10. The molecule has 16 heavy (non-hydrogen) atoms. The Morgan fingerprint density at radius 1 is 1.38 bits per heavy atom. The first-order valence-corrected chi connectivity index (χ1v) is 5.78. The van der Waals surface area contributed by atoms with Gasteiger partial charge in [0.25, 0.3) is 0 Å². The summed E-state index contributed by atoms with van der Waals surface area (Å²) in [6.07, 6.45) is 1.83. The minimum atomic E-state index is -0.0871. The van der Waals surface area contributed by atoms with Gasteiger partial charge in [-0.3, -0.25) is 4.68 Å². The highest BCUT2D eigenvalue weighted by Crippen LogP contribution is 2.29. The highest BCUT2D eigenvalue weighted by atomic mass is 79.9. The van der Waals surface area contributed by atoms with E-state index >= 15 is 0 Å². The minimum absolute atomic E-state index is 0.0871. The lowest BCUT2D eigenvalue weighted by atomic mass is 10.1. The van der Waals surface area contributed by atoms with E-state index in [1.165, 1.54) is 0 Å². The Morgan fingerprint density at radius 3 is 2.50 bits per heavy atom. The molecule has 5 heteroatoms. The van der Waals surface area contributed by atoms with Gasteiger partial charge in [-0.25, -0.2) is 0 Å². The molecular weight excluding hydrogens is 270 g/mol. The van der Waals surface area contributed by atoms with Crippen LogP contribution in [0.5, 0.6) is 0 Å². The lowest BCUT2D eigenvalue weighted by Gasteiger charge is -2.18.